The Morgan fingerprint density at radius 1 is 1.33 bits per heavy atom. The molecule has 0 saturated carbocycles. The lowest BCUT2D eigenvalue weighted by molar-refractivity contribution is 0.159. The highest BCUT2D eigenvalue weighted by atomic mass is 16.5. The molecule has 0 saturated heterocycles. The van der Waals surface area contributed by atoms with Crippen molar-refractivity contribution in [2.75, 3.05) is 13.7 Å². The Kier molecular flexibility index (Phi) is 3.58. The summed E-state index contributed by atoms with van der Waals surface area (Å²) in [6, 6.07) is 5.04. The molecular weight excluding hydrogens is 192 g/mol. The lowest BCUT2D eigenvalue weighted by Gasteiger charge is -2.22. The van der Waals surface area contributed by atoms with Gasteiger partial charge in [0.25, 0.3) is 0 Å². The van der Waals surface area contributed by atoms with Gasteiger partial charge < -0.3 is 14.9 Å². The second kappa shape index (κ2) is 4.53. The molecule has 1 aromatic carbocycles. The van der Waals surface area contributed by atoms with Crippen molar-refractivity contribution < 1.29 is 14.9 Å². The summed E-state index contributed by atoms with van der Waals surface area (Å²) in [7, 11) is 1.57. The minimum Gasteiger partial charge on any atom is -0.508 e. The van der Waals surface area contributed by atoms with Crippen molar-refractivity contribution in [2.45, 2.75) is 20.3 Å². The number of hydrogen-bond acceptors (Lipinski definition) is 3. The van der Waals surface area contributed by atoms with Gasteiger partial charge in [-0.15, -0.1) is 0 Å². The van der Waals surface area contributed by atoms with Crippen LogP contribution in [0.5, 0.6) is 11.5 Å². The zero-order valence-electron chi connectivity index (χ0n) is 9.45. The van der Waals surface area contributed by atoms with Crippen LogP contribution in [-0.4, -0.2) is 23.9 Å². The predicted octanol–water partition coefficient (Wildman–Crippen LogP) is 1.96. The number of aliphatic hydroxyl groups is 1. The second-order valence-corrected chi connectivity index (χ2v) is 4.50. The quantitative estimate of drug-likeness (QED) is 0.798. The van der Waals surface area contributed by atoms with Crippen LogP contribution in [0.15, 0.2) is 18.2 Å². The van der Waals surface area contributed by atoms with Crippen LogP contribution in [0.2, 0.25) is 0 Å². The van der Waals surface area contributed by atoms with Gasteiger partial charge in [0.1, 0.15) is 11.5 Å². The molecule has 0 bridgehead atoms. The molecule has 15 heavy (non-hydrogen) atoms. The molecule has 2 N–H and O–H groups in total. The number of ether oxygens (including phenoxy) is 1. The number of aromatic hydroxyl groups is 1. The number of aliphatic hydroxyl groups excluding tert-OH is 1. The fourth-order valence-electron chi connectivity index (χ4n) is 1.45. The first kappa shape index (κ1) is 11.9. The van der Waals surface area contributed by atoms with Gasteiger partial charge in [0.2, 0.25) is 0 Å². The van der Waals surface area contributed by atoms with Crippen molar-refractivity contribution in [3.8, 4) is 11.5 Å². The molecule has 0 heterocycles. The van der Waals surface area contributed by atoms with Crippen LogP contribution in [0.25, 0.3) is 0 Å². The number of rotatable bonds is 4. The summed E-state index contributed by atoms with van der Waals surface area (Å²) in [5, 5.41) is 18.5. The van der Waals surface area contributed by atoms with Crippen molar-refractivity contribution in [1.29, 1.82) is 0 Å². The molecule has 84 valence electrons. The topological polar surface area (TPSA) is 49.7 Å². The van der Waals surface area contributed by atoms with Gasteiger partial charge in [-0.25, -0.2) is 0 Å². The van der Waals surface area contributed by atoms with Gasteiger partial charge in [-0.2, -0.15) is 0 Å². The van der Waals surface area contributed by atoms with Crippen molar-refractivity contribution in [3.05, 3.63) is 23.8 Å². The van der Waals surface area contributed by atoms with Gasteiger partial charge in [-0.05, 0) is 23.5 Å². The largest absolute Gasteiger partial charge is 0.508 e. The van der Waals surface area contributed by atoms with E-state index in [1.807, 2.05) is 19.9 Å². The molecule has 1 rings (SSSR count). The third-order valence-electron chi connectivity index (χ3n) is 2.37. The first-order chi connectivity index (χ1) is 6.98. The van der Waals surface area contributed by atoms with Crippen molar-refractivity contribution in [3.63, 3.8) is 0 Å². The number of benzene rings is 1. The summed E-state index contributed by atoms with van der Waals surface area (Å²) < 4.78 is 5.17. The van der Waals surface area contributed by atoms with Crippen molar-refractivity contribution >= 4 is 0 Å². The van der Waals surface area contributed by atoms with E-state index < -0.39 is 0 Å². The molecule has 0 spiro atoms. The van der Waals surface area contributed by atoms with E-state index in [1.165, 1.54) is 0 Å². The maximum Gasteiger partial charge on any atom is 0.125 e. The number of hydrogen-bond donors (Lipinski definition) is 2. The SMILES string of the molecule is COc1cc(O)ccc1CC(C)(C)CO. The van der Waals surface area contributed by atoms with Gasteiger partial charge >= 0.3 is 0 Å². The number of phenols is 1. The van der Waals surface area contributed by atoms with Gasteiger partial charge in [-0.1, -0.05) is 19.9 Å². The Balaban J connectivity index is 2.94. The summed E-state index contributed by atoms with van der Waals surface area (Å²) in [5.74, 6) is 0.855. The van der Waals surface area contributed by atoms with Crippen LogP contribution >= 0.6 is 0 Å². The molecule has 0 fully saturated rings. The lowest BCUT2D eigenvalue weighted by atomic mass is 9.86. The van der Waals surface area contributed by atoms with E-state index >= 15 is 0 Å². The minimum absolute atomic E-state index is 0.122. The van der Waals surface area contributed by atoms with E-state index in [0.717, 1.165) is 5.56 Å². The number of phenolic OH excluding ortho intramolecular Hbond substituents is 1. The van der Waals surface area contributed by atoms with E-state index in [0.29, 0.717) is 12.2 Å². The van der Waals surface area contributed by atoms with Gasteiger partial charge in [0.15, 0.2) is 0 Å². The van der Waals surface area contributed by atoms with Crippen molar-refractivity contribution in [1.82, 2.24) is 0 Å². The van der Waals surface area contributed by atoms with Crippen LogP contribution < -0.4 is 4.74 Å². The Bertz CT molecular complexity index is 332. The van der Waals surface area contributed by atoms with Crippen LogP contribution in [0.4, 0.5) is 0 Å². The minimum atomic E-state index is -0.176. The predicted molar refractivity (Wildman–Crippen MR) is 59.2 cm³/mol. The zero-order chi connectivity index (χ0) is 11.5. The second-order valence-electron chi connectivity index (χ2n) is 4.50. The fraction of sp³-hybridized carbons (Fsp3) is 0.500. The smallest absolute Gasteiger partial charge is 0.125 e. The van der Waals surface area contributed by atoms with Gasteiger partial charge in [0, 0.05) is 12.7 Å². The highest BCUT2D eigenvalue weighted by Crippen LogP contribution is 2.29. The van der Waals surface area contributed by atoms with Gasteiger partial charge in [-0.3, -0.25) is 0 Å². The maximum absolute atomic E-state index is 9.29. The highest BCUT2D eigenvalue weighted by Gasteiger charge is 2.19. The third kappa shape index (κ3) is 3.13. The molecule has 0 aliphatic rings. The van der Waals surface area contributed by atoms with E-state index in [9.17, 15) is 10.2 Å². The van der Waals surface area contributed by atoms with E-state index in [-0.39, 0.29) is 17.8 Å². The lowest BCUT2D eigenvalue weighted by Crippen LogP contribution is -2.20. The summed E-state index contributed by atoms with van der Waals surface area (Å²) in [6.07, 6.45) is 0.715. The molecule has 0 radical (unpaired) electrons. The Hall–Kier alpha value is -1.22. The normalized spacial score (nSPS) is 11.5. The monoisotopic (exact) mass is 210 g/mol. The fourth-order valence-corrected chi connectivity index (χ4v) is 1.45. The average Bonchev–Trinajstić information content (AvgIpc) is 2.20. The summed E-state index contributed by atoms with van der Waals surface area (Å²) in [4.78, 5) is 0. The Morgan fingerprint density at radius 2 is 2.00 bits per heavy atom. The highest BCUT2D eigenvalue weighted by molar-refractivity contribution is 5.40. The molecule has 0 aromatic heterocycles. The Morgan fingerprint density at radius 3 is 2.53 bits per heavy atom. The molecular formula is C12H18O3. The van der Waals surface area contributed by atoms with Crippen LogP contribution in [0.1, 0.15) is 19.4 Å². The molecule has 3 heteroatoms. The number of methoxy groups -OCH3 is 1. The third-order valence-corrected chi connectivity index (χ3v) is 2.37. The maximum atomic E-state index is 9.29. The average molecular weight is 210 g/mol. The summed E-state index contributed by atoms with van der Waals surface area (Å²) >= 11 is 0. The molecule has 0 aliphatic heterocycles. The van der Waals surface area contributed by atoms with E-state index in [2.05, 4.69) is 0 Å². The molecule has 0 atom stereocenters. The summed E-state index contributed by atoms with van der Waals surface area (Å²) in [6.45, 7) is 4.09. The van der Waals surface area contributed by atoms with E-state index in [1.54, 1.807) is 19.2 Å². The molecule has 0 aliphatic carbocycles. The zero-order valence-corrected chi connectivity index (χ0v) is 9.45. The first-order valence-electron chi connectivity index (χ1n) is 4.95. The van der Waals surface area contributed by atoms with Crippen LogP contribution in [-0.2, 0) is 6.42 Å². The molecule has 1 aromatic rings. The van der Waals surface area contributed by atoms with Crippen LogP contribution in [0, 0.1) is 5.41 Å². The van der Waals surface area contributed by atoms with Crippen molar-refractivity contribution in [2.24, 2.45) is 5.41 Å². The standard InChI is InChI=1S/C12H18O3/c1-12(2,8-13)7-9-4-5-10(14)6-11(9)15-3/h4-6,13-14H,7-8H2,1-3H3. The molecule has 0 amide bonds. The Labute approximate surface area is 90.3 Å². The van der Waals surface area contributed by atoms with Crippen LogP contribution in [0.3, 0.4) is 0 Å². The van der Waals surface area contributed by atoms with Gasteiger partial charge in [0.05, 0.1) is 7.11 Å². The molecule has 0 unspecified atom stereocenters. The first-order valence-corrected chi connectivity index (χ1v) is 4.95. The molecule has 3 nitrogen and oxygen atoms in total. The summed E-state index contributed by atoms with van der Waals surface area (Å²) in [5.41, 5.74) is 0.818. The van der Waals surface area contributed by atoms with E-state index in [4.69, 9.17) is 4.74 Å².